The van der Waals surface area contributed by atoms with Crippen molar-refractivity contribution in [2.24, 2.45) is 5.73 Å². The highest BCUT2D eigenvalue weighted by molar-refractivity contribution is 5.75. The summed E-state index contributed by atoms with van der Waals surface area (Å²) >= 11 is 0. The maximum atomic E-state index is 12.4. The summed E-state index contributed by atoms with van der Waals surface area (Å²) in [6.45, 7) is 1.25. The van der Waals surface area contributed by atoms with Crippen molar-refractivity contribution in [1.29, 1.82) is 0 Å². The van der Waals surface area contributed by atoms with Gasteiger partial charge in [0.25, 0.3) is 0 Å². The zero-order valence-electron chi connectivity index (χ0n) is 7.78. The van der Waals surface area contributed by atoms with Gasteiger partial charge in [-0.25, -0.2) is 0 Å². The minimum atomic E-state index is -5.71. The lowest BCUT2D eigenvalue weighted by Gasteiger charge is -2.21. The number of carbonyl (C=O) groups excluding carboxylic acids is 1. The summed E-state index contributed by atoms with van der Waals surface area (Å²) in [4.78, 5) is 10.7. The smallest absolute Gasteiger partial charge is 0.453 e. The third-order valence-corrected chi connectivity index (χ3v) is 1.48. The van der Waals surface area contributed by atoms with Gasteiger partial charge in [-0.1, -0.05) is 0 Å². The van der Waals surface area contributed by atoms with Crippen molar-refractivity contribution in [3.8, 4) is 0 Å². The van der Waals surface area contributed by atoms with Gasteiger partial charge in [0.1, 0.15) is 6.04 Å². The summed E-state index contributed by atoms with van der Waals surface area (Å²) in [7, 11) is 0. The molecule has 90 valence electrons. The number of hydrogen-bond acceptors (Lipinski definition) is 3. The molecule has 0 aromatic heterocycles. The fourth-order valence-electron chi connectivity index (χ4n) is 0.725. The van der Waals surface area contributed by atoms with E-state index in [0.717, 1.165) is 0 Å². The van der Waals surface area contributed by atoms with Crippen LogP contribution >= 0.6 is 0 Å². The van der Waals surface area contributed by atoms with E-state index in [1.54, 1.807) is 0 Å². The van der Waals surface area contributed by atoms with Gasteiger partial charge in [-0.05, 0) is 6.92 Å². The molecule has 0 spiro atoms. The van der Waals surface area contributed by atoms with Gasteiger partial charge in [0.15, 0.2) is 0 Å². The SMILES string of the molecule is CCOC(=O)[C@H](N)CC(F)(F)C(F)(F)F. The zero-order chi connectivity index (χ0) is 12.3. The highest BCUT2D eigenvalue weighted by atomic mass is 19.4. The van der Waals surface area contributed by atoms with Crippen LogP contribution in [0.4, 0.5) is 22.0 Å². The molecule has 15 heavy (non-hydrogen) atoms. The predicted octanol–water partition coefficient (Wildman–Crippen LogP) is 1.46. The van der Waals surface area contributed by atoms with Crippen LogP contribution in [0.15, 0.2) is 0 Å². The maximum absolute atomic E-state index is 12.4. The second-order valence-electron chi connectivity index (χ2n) is 2.76. The first-order valence-corrected chi connectivity index (χ1v) is 3.98. The summed E-state index contributed by atoms with van der Waals surface area (Å²) in [5, 5.41) is 0. The first kappa shape index (κ1) is 14.1. The molecule has 0 aliphatic rings. The van der Waals surface area contributed by atoms with Gasteiger partial charge >= 0.3 is 18.1 Å². The summed E-state index contributed by atoms with van der Waals surface area (Å²) in [6, 6.07) is -1.98. The van der Waals surface area contributed by atoms with E-state index in [1.165, 1.54) is 6.92 Å². The van der Waals surface area contributed by atoms with Crippen molar-refractivity contribution >= 4 is 5.97 Å². The van der Waals surface area contributed by atoms with Gasteiger partial charge in [0, 0.05) is 6.42 Å². The van der Waals surface area contributed by atoms with Crippen molar-refractivity contribution in [1.82, 2.24) is 0 Å². The van der Waals surface area contributed by atoms with Crippen molar-refractivity contribution in [2.75, 3.05) is 6.61 Å². The molecule has 0 saturated heterocycles. The van der Waals surface area contributed by atoms with Crippen molar-refractivity contribution in [3.63, 3.8) is 0 Å². The number of hydrogen-bond donors (Lipinski definition) is 1. The van der Waals surface area contributed by atoms with E-state index in [-0.39, 0.29) is 6.61 Å². The van der Waals surface area contributed by atoms with Crippen molar-refractivity contribution < 1.29 is 31.5 Å². The molecule has 0 bridgehead atoms. The molecule has 0 amide bonds. The second-order valence-corrected chi connectivity index (χ2v) is 2.76. The Balaban J connectivity index is 4.40. The summed E-state index contributed by atoms with van der Waals surface area (Å²) < 4.78 is 64.0. The lowest BCUT2D eigenvalue weighted by atomic mass is 10.1. The first-order valence-electron chi connectivity index (χ1n) is 3.98. The molecular weight excluding hydrogens is 225 g/mol. The van der Waals surface area contributed by atoms with Crippen LogP contribution in [0.5, 0.6) is 0 Å². The normalized spacial score (nSPS) is 14.9. The third-order valence-electron chi connectivity index (χ3n) is 1.48. The Morgan fingerprint density at radius 1 is 1.33 bits per heavy atom. The Morgan fingerprint density at radius 2 is 1.80 bits per heavy atom. The number of esters is 1. The molecule has 0 unspecified atom stereocenters. The molecule has 0 aliphatic carbocycles. The maximum Gasteiger partial charge on any atom is 0.453 e. The van der Waals surface area contributed by atoms with Gasteiger partial charge in [-0.3, -0.25) is 4.79 Å². The number of halogens is 5. The molecule has 0 aliphatic heterocycles. The third kappa shape index (κ3) is 3.98. The van der Waals surface area contributed by atoms with Crippen LogP contribution in [0.1, 0.15) is 13.3 Å². The van der Waals surface area contributed by atoms with Crippen LogP contribution in [-0.2, 0) is 9.53 Å². The predicted molar refractivity (Wildman–Crippen MR) is 40.2 cm³/mol. The highest BCUT2D eigenvalue weighted by Gasteiger charge is 2.58. The standard InChI is InChI=1S/C7H10F5NO2/c1-2-15-5(14)4(13)3-6(8,9)7(10,11)12/h4H,2-3,13H2,1H3/t4-/m1/s1. The Hall–Kier alpha value is -0.920. The van der Waals surface area contributed by atoms with Gasteiger partial charge in [-0.15, -0.1) is 0 Å². The largest absolute Gasteiger partial charge is 0.465 e. The molecular formula is C7H10F5NO2. The first-order chi connectivity index (χ1) is 6.62. The minimum Gasteiger partial charge on any atom is -0.465 e. The van der Waals surface area contributed by atoms with Crippen LogP contribution in [-0.4, -0.2) is 30.7 Å². The van der Waals surface area contributed by atoms with E-state index in [0.29, 0.717) is 0 Å². The molecule has 0 rings (SSSR count). The number of rotatable bonds is 4. The topological polar surface area (TPSA) is 52.3 Å². The molecule has 0 fully saturated rings. The Kier molecular flexibility index (Phi) is 4.44. The Bertz CT molecular complexity index is 228. The Morgan fingerprint density at radius 3 is 2.13 bits per heavy atom. The van der Waals surface area contributed by atoms with E-state index in [9.17, 15) is 26.7 Å². The van der Waals surface area contributed by atoms with Crippen LogP contribution in [0.25, 0.3) is 0 Å². The minimum absolute atomic E-state index is 0.135. The van der Waals surface area contributed by atoms with Crippen LogP contribution in [0, 0.1) is 0 Å². The quantitative estimate of drug-likeness (QED) is 0.593. The number of carbonyl (C=O) groups is 1. The van der Waals surface area contributed by atoms with Crippen molar-refractivity contribution in [2.45, 2.75) is 31.5 Å². The van der Waals surface area contributed by atoms with Crippen molar-refractivity contribution in [3.05, 3.63) is 0 Å². The molecule has 2 N–H and O–H groups in total. The monoisotopic (exact) mass is 235 g/mol. The van der Waals surface area contributed by atoms with Gasteiger partial charge in [0.2, 0.25) is 0 Å². The average Bonchev–Trinajstić information content (AvgIpc) is 2.01. The Labute approximate surface area is 82.4 Å². The molecule has 0 radical (unpaired) electrons. The summed E-state index contributed by atoms with van der Waals surface area (Å²) in [5.41, 5.74) is 4.83. The average molecular weight is 235 g/mol. The molecule has 0 saturated carbocycles. The molecule has 0 aromatic rings. The van der Waals surface area contributed by atoms with Gasteiger partial charge < -0.3 is 10.5 Å². The zero-order valence-corrected chi connectivity index (χ0v) is 7.78. The van der Waals surface area contributed by atoms with E-state index in [4.69, 9.17) is 5.73 Å². The lowest BCUT2D eigenvalue weighted by Crippen LogP contribution is -2.45. The van der Waals surface area contributed by atoms with E-state index in [2.05, 4.69) is 4.74 Å². The second kappa shape index (κ2) is 4.73. The lowest BCUT2D eigenvalue weighted by molar-refractivity contribution is -0.285. The molecule has 0 aromatic carbocycles. The molecule has 3 nitrogen and oxygen atoms in total. The number of alkyl halides is 5. The summed E-state index contributed by atoms with van der Waals surface area (Å²) in [5.74, 6) is -6.26. The molecule has 0 heterocycles. The van der Waals surface area contributed by atoms with Gasteiger partial charge in [0.05, 0.1) is 6.61 Å². The van der Waals surface area contributed by atoms with Gasteiger partial charge in [-0.2, -0.15) is 22.0 Å². The molecule has 1 atom stereocenters. The van der Waals surface area contributed by atoms with Crippen LogP contribution < -0.4 is 5.73 Å². The number of ether oxygens (including phenoxy) is 1. The molecule has 8 heteroatoms. The van der Waals surface area contributed by atoms with E-state index < -0.39 is 30.5 Å². The van der Waals surface area contributed by atoms with Crippen LogP contribution in [0.3, 0.4) is 0 Å². The van der Waals surface area contributed by atoms with E-state index in [1.807, 2.05) is 0 Å². The van der Waals surface area contributed by atoms with Crippen LogP contribution in [0.2, 0.25) is 0 Å². The highest BCUT2D eigenvalue weighted by Crippen LogP contribution is 2.38. The fraction of sp³-hybridized carbons (Fsp3) is 0.857. The fourth-order valence-corrected chi connectivity index (χ4v) is 0.725. The summed E-state index contributed by atoms with van der Waals surface area (Å²) in [6.07, 6.45) is -7.52. The van der Waals surface area contributed by atoms with E-state index >= 15 is 0 Å². The number of nitrogens with two attached hydrogens (primary N) is 1.